The molecule has 0 aliphatic carbocycles. The Morgan fingerprint density at radius 2 is 0.338 bits per heavy atom. The molecular weight excluding hydrogens is 1760 g/mol. The number of rotatable bonds is 16. The molecule has 16 nitrogen and oxygen atoms in total. The van der Waals surface area contributed by atoms with Crippen molar-refractivity contribution < 1.29 is 0 Å². The van der Waals surface area contributed by atoms with Gasteiger partial charge in [-0.25, -0.2) is 29.9 Å². The average molecular weight is 1840 g/mol. The average Bonchev–Trinajstić information content (AvgIpc) is 1.72. The predicted octanol–water partition coefficient (Wildman–Crippen LogP) is 32.4. The fourth-order valence-electron chi connectivity index (χ4n) is 19.2. The van der Waals surface area contributed by atoms with Gasteiger partial charge in [-0.3, -0.25) is 0 Å². The van der Waals surface area contributed by atoms with E-state index in [4.69, 9.17) is 56.1 Å². The Morgan fingerprint density at radius 3 is 0.619 bits per heavy atom. The van der Waals surface area contributed by atoms with Crippen molar-refractivity contribution in [1.29, 1.82) is 0 Å². The minimum absolute atomic E-state index is 0.743. The first-order chi connectivity index (χ1) is 69.0. The van der Waals surface area contributed by atoms with Crippen LogP contribution in [-0.4, -0.2) is 56.1 Å². The van der Waals surface area contributed by atoms with Crippen LogP contribution in [-0.2, 0) is 0 Å². The van der Waals surface area contributed by atoms with Gasteiger partial charge in [-0.05, 0) is 178 Å². The van der Waals surface area contributed by atoms with Crippen LogP contribution >= 0.6 is 35.2 Å². The van der Waals surface area contributed by atoms with Crippen LogP contribution in [0.25, 0.3) is 176 Å². The van der Waals surface area contributed by atoms with Crippen molar-refractivity contribution in [2.75, 3.05) is 19.6 Å². The van der Waals surface area contributed by atoms with Crippen molar-refractivity contribution in [2.45, 2.75) is 0 Å². The minimum atomic E-state index is 0.743. The fraction of sp³-hybridized carbons (Fsp3) is 0. The lowest BCUT2D eigenvalue weighted by Crippen LogP contribution is -2.15. The molecule has 0 aliphatic rings. The molecule has 27 rings (SSSR count). The summed E-state index contributed by atoms with van der Waals surface area (Å²) in [4.78, 5) is 41.5. The lowest BCUT2D eigenvalue weighted by molar-refractivity contribution is 1.26. The summed E-state index contributed by atoms with van der Waals surface area (Å²) in [6, 6.07) is 159. The Bertz CT molecular complexity index is 9100. The van der Waals surface area contributed by atoms with Gasteiger partial charge >= 0.3 is 0 Å². The quantitative estimate of drug-likeness (QED) is 0.0508. The lowest BCUT2D eigenvalue weighted by Gasteiger charge is -2.30. The summed E-state index contributed by atoms with van der Waals surface area (Å²) in [5.41, 5.74) is 34.8. The Hall–Kier alpha value is -18.1. The molecule has 654 valence electrons. The van der Waals surface area contributed by atoms with Crippen LogP contribution in [0.5, 0.6) is 0 Å². The number of anilines is 12. The van der Waals surface area contributed by atoms with Gasteiger partial charge < -0.3 is 19.6 Å². The summed E-state index contributed by atoms with van der Waals surface area (Å²) in [5.74, 6) is 0. The summed E-state index contributed by atoms with van der Waals surface area (Å²) >= 11 is 3.66. The van der Waals surface area contributed by atoms with Gasteiger partial charge in [0, 0.05) is 95.3 Å². The maximum absolute atomic E-state index is 5.54. The first-order valence-electron chi connectivity index (χ1n) is 45.8. The van der Waals surface area contributed by atoms with E-state index in [0.717, 1.165) is 244 Å². The molecule has 0 fully saturated rings. The molecule has 19 heteroatoms. The summed E-state index contributed by atoms with van der Waals surface area (Å²) in [7, 11) is 0. The van der Waals surface area contributed by atoms with E-state index in [9.17, 15) is 0 Å². The molecule has 0 atom stereocenters. The third-order valence-electron chi connectivity index (χ3n) is 25.5. The number of hydrogen-bond donors (Lipinski definition) is 0. The Labute approximate surface area is 810 Å². The second-order valence-corrected chi connectivity index (χ2v) is 35.2. The highest BCUT2D eigenvalue weighted by atomic mass is 32.1. The summed E-state index contributed by atoms with van der Waals surface area (Å²) in [6.07, 6.45) is 0. The molecule has 0 spiro atoms. The van der Waals surface area contributed by atoms with Crippen LogP contribution in [0.2, 0.25) is 0 Å². The van der Waals surface area contributed by atoms with Gasteiger partial charge in [0.05, 0.1) is 68.3 Å². The summed E-state index contributed by atoms with van der Waals surface area (Å²) in [6.45, 7) is 0. The normalized spacial score (nSPS) is 11.5. The van der Waals surface area contributed by atoms with Gasteiger partial charge in [-0.15, -0.1) is 0 Å². The third-order valence-corrected chi connectivity index (χ3v) is 27.0. The van der Waals surface area contributed by atoms with Crippen LogP contribution in [0.15, 0.2) is 461 Å². The van der Waals surface area contributed by atoms with Crippen molar-refractivity contribution in [3.8, 4) is 44.5 Å². The van der Waals surface area contributed by atoms with Crippen LogP contribution in [0.4, 0.5) is 68.2 Å². The molecule has 0 saturated carbocycles. The predicted molar refractivity (Wildman–Crippen MR) is 577 cm³/mol. The molecule has 0 aliphatic heterocycles. The Morgan fingerprint density at radius 1 is 0.137 bits per heavy atom. The molecule has 0 bridgehead atoms. The number of fused-ring (bicyclic) bond motifs is 15. The smallest absolute Gasteiger partial charge is 0.133 e. The molecule has 0 unspecified atom stereocenters. The van der Waals surface area contributed by atoms with E-state index in [1.165, 1.54) is 35.2 Å². The van der Waals surface area contributed by atoms with Gasteiger partial charge in [-0.2, -0.15) is 26.2 Å². The van der Waals surface area contributed by atoms with Crippen molar-refractivity contribution in [2.24, 2.45) is 0 Å². The highest BCUT2D eigenvalue weighted by Crippen LogP contribution is 2.53. The highest BCUT2D eigenvalue weighted by Gasteiger charge is 2.33. The highest BCUT2D eigenvalue weighted by molar-refractivity contribution is 7.00. The van der Waals surface area contributed by atoms with Crippen LogP contribution in [0.1, 0.15) is 0 Å². The first-order valence-corrected chi connectivity index (χ1v) is 48.0. The Balaban J connectivity index is 0.000000115. The lowest BCUT2D eigenvalue weighted by atomic mass is 9.94. The van der Waals surface area contributed by atoms with Crippen LogP contribution in [0.3, 0.4) is 0 Å². The van der Waals surface area contributed by atoms with Crippen molar-refractivity contribution >= 4 is 235 Å². The maximum atomic E-state index is 5.54. The number of nitrogens with zero attached hydrogens (tertiary/aromatic N) is 16. The fourth-order valence-corrected chi connectivity index (χ4v) is 20.9. The number of benzene rings is 21. The molecule has 0 saturated heterocycles. The largest absolute Gasteiger partial charge is 0.311 e. The molecule has 139 heavy (non-hydrogen) atoms. The van der Waals surface area contributed by atoms with Crippen molar-refractivity contribution in [1.82, 2.24) is 56.1 Å². The van der Waals surface area contributed by atoms with E-state index in [2.05, 4.69) is 396 Å². The monoisotopic (exact) mass is 1840 g/mol. The minimum Gasteiger partial charge on any atom is -0.311 e. The molecular formula is C120H76N16S3. The van der Waals surface area contributed by atoms with E-state index in [1.807, 2.05) is 84.9 Å². The van der Waals surface area contributed by atoms with E-state index in [0.29, 0.717) is 0 Å². The van der Waals surface area contributed by atoms with Gasteiger partial charge in [0.15, 0.2) is 0 Å². The van der Waals surface area contributed by atoms with Gasteiger partial charge in [0.1, 0.15) is 77.6 Å². The van der Waals surface area contributed by atoms with Crippen molar-refractivity contribution in [3.05, 3.63) is 461 Å². The van der Waals surface area contributed by atoms with Gasteiger partial charge in [0.2, 0.25) is 0 Å². The molecule has 0 N–H and O–H groups in total. The van der Waals surface area contributed by atoms with E-state index in [-0.39, 0.29) is 0 Å². The van der Waals surface area contributed by atoms with E-state index in [1.54, 1.807) is 0 Å². The number of aromatic nitrogens is 12. The Kier molecular flexibility index (Phi) is 21.4. The topological polar surface area (TPSA) is 168 Å². The van der Waals surface area contributed by atoms with Gasteiger partial charge in [-0.1, -0.05) is 322 Å². The first kappa shape index (κ1) is 82.7. The zero-order chi connectivity index (χ0) is 92.1. The van der Waals surface area contributed by atoms with Crippen LogP contribution < -0.4 is 19.6 Å². The van der Waals surface area contributed by atoms with E-state index >= 15 is 0 Å². The molecule has 0 radical (unpaired) electrons. The summed E-state index contributed by atoms with van der Waals surface area (Å²) < 4.78 is 29.4. The standard InChI is InChI=1S/C52H34N6S.C40H26N6S.C28H16N4S/c1-5-16-38(17-6-1)57(39-18-7-2-8-19-39)42-30-25-36(26-31-42)46-49-50(54-48-44-24-14-13-15-35(44)29-34-45(48)53-49)47(52-51(46)55-59-56-52)37-27-32-43(33-28-37)58(40-20-9-3-10-21-40)41-22-11-4-12-23-41;1-5-16-28(17-6-1)45(29-18-7-2-8-19-29)39-35-36(42-34-32-24-14-13-15-27(32)25-26-33(34)41-35)40(38-37(39)43-47-44-38)46(30-20-9-3-10-21-30)31-22-11-4-12-23-31;1-3-10-18(11-4-1)22-25-26(23(19-12-5-2-6-13-19)28-27(22)31-33-32-28)30-24-20-14-8-7-9-17(20)15-16-21(24)29-25/h1-34H;1-26H;1-16H. The zero-order valence-corrected chi connectivity index (χ0v) is 76.7. The summed E-state index contributed by atoms with van der Waals surface area (Å²) in [5, 5.41) is 6.60. The van der Waals surface area contributed by atoms with Crippen molar-refractivity contribution in [3.63, 3.8) is 0 Å². The zero-order valence-electron chi connectivity index (χ0n) is 74.3. The molecule has 6 aromatic heterocycles. The molecule has 21 aromatic carbocycles. The SMILES string of the molecule is c1ccc(-c2c3nsnc3c(-c3ccccc3)c3nc4c(ccc5ccccc54)nc23)cc1.c1ccc(N(c2ccccc2)c2c3nsnc3c(N(c3ccccc3)c3ccccc3)c3nc4c(ccc5ccccc54)nc23)cc1.c1ccc(N(c2ccccc2)c2ccc(-c3c4nsnc4c(-c4ccc(N(c5ccccc5)c5ccccc5)cc4)c4nc5c(ccc6ccccc65)nc34)cc2)cc1. The number of para-hydroxylation sites is 8. The molecule has 6 heterocycles. The molecule has 0 amide bonds. The van der Waals surface area contributed by atoms with E-state index < -0.39 is 0 Å². The number of hydrogen-bond acceptors (Lipinski definition) is 19. The molecule has 27 aromatic rings. The third kappa shape index (κ3) is 15.1. The second kappa shape index (κ2) is 36.0. The van der Waals surface area contributed by atoms with Crippen LogP contribution in [0, 0.1) is 0 Å². The maximum Gasteiger partial charge on any atom is 0.133 e. The van der Waals surface area contributed by atoms with Gasteiger partial charge in [0.25, 0.3) is 0 Å². The second-order valence-electron chi connectivity index (χ2n) is 33.7.